The molecule has 132 valence electrons. The lowest BCUT2D eigenvalue weighted by molar-refractivity contribution is 0.0915. The number of amides is 1. The van der Waals surface area contributed by atoms with Crippen LogP contribution in [0.4, 0.5) is 5.69 Å². The highest BCUT2D eigenvalue weighted by atomic mass is 79.9. The highest BCUT2D eigenvalue weighted by molar-refractivity contribution is 9.10. The summed E-state index contributed by atoms with van der Waals surface area (Å²) in [7, 11) is 0. The Morgan fingerprint density at radius 3 is 2.52 bits per heavy atom. The van der Waals surface area contributed by atoms with Gasteiger partial charge in [0.15, 0.2) is 0 Å². The van der Waals surface area contributed by atoms with Crippen molar-refractivity contribution in [2.24, 2.45) is 0 Å². The molecular formula is C19H21BrN2O3. The number of rotatable bonds is 5. The maximum absolute atomic E-state index is 12.2. The van der Waals surface area contributed by atoms with Crippen LogP contribution in [-0.4, -0.2) is 43.9 Å². The van der Waals surface area contributed by atoms with Crippen molar-refractivity contribution in [3.8, 4) is 0 Å². The summed E-state index contributed by atoms with van der Waals surface area (Å²) in [4.78, 5) is 14.4. The summed E-state index contributed by atoms with van der Waals surface area (Å²) in [6, 6.07) is 15.0. The summed E-state index contributed by atoms with van der Waals surface area (Å²) in [5, 5.41) is 13.1. The van der Waals surface area contributed by atoms with Crippen LogP contribution in [0.25, 0.3) is 0 Å². The van der Waals surface area contributed by atoms with Crippen LogP contribution in [0.3, 0.4) is 0 Å². The third-order valence-electron chi connectivity index (χ3n) is 4.23. The monoisotopic (exact) mass is 404 g/mol. The number of nitrogens with zero attached hydrogens (tertiary/aromatic N) is 1. The summed E-state index contributed by atoms with van der Waals surface area (Å²) >= 11 is 3.36. The Balaban J connectivity index is 1.57. The Morgan fingerprint density at radius 1 is 1.16 bits per heavy atom. The minimum Gasteiger partial charge on any atom is -0.387 e. The first-order valence-electron chi connectivity index (χ1n) is 8.28. The molecule has 0 aromatic heterocycles. The van der Waals surface area contributed by atoms with Crippen molar-refractivity contribution in [3.05, 3.63) is 64.1 Å². The van der Waals surface area contributed by atoms with Gasteiger partial charge in [-0.3, -0.25) is 4.79 Å². The zero-order valence-electron chi connectivity index (χ0n) is 13.8. The number of carbonyl (C=O) groups is 1. The molecule has 1 aliphatic rings. The van der Waals surface area contributed by atoms with Gasteiger partial charge >= 0.3 is 0 Å². The van der Waals surface area contributed by atoms with Gasteiger partial charge in [-0.25, -0.2) is 0 Å². The summed E-state index contributed by atoms with van der Waals surface area (Å²) in [5.41, 5.74) is 2.46. The number of nitrogens with one attached hydrogen (secondary N) is 1. The minimum absolute atomic E-state index is 0.164. The molecule has 6 heteroatoms. The van der Waals surface area contributed by atoms with Crippen LogP contribution in [0.5, 0.6) is 0 Å². The van der Waals surface area contributed by atoms with Crippen molar-refractivity contribution in [2.75, 3.05) is 37.7 Å². The molecule has 1 aliphatic heterocycles. The van der Waals surface area contributed by atoms with Crippen molar-refractivity contribution >= 4 is 27.5 Å². The number of hydrogen-bond acceptors (Lipinski definition) is 4. The lowest BCUT2D eigenvalue weighted by atomic mass is 10.1. The van der Waals surface area contributed by atoms with E-state index in [4.69, 9.17) is 4.74 Å². The van der Waals surface area contributed by atoms with Gasteiger partial charge in [-0.05, 0) is 45.8 Å². The standard InChI is InChI=1S/C19H21BrN2O3/c20-17-4-2-1-3-16(17)19(24)21-13-18(23)14-5-7-15(8-6-14)22-9-11-25-12-10-22/h1-8,18,23H,9-13H2,(H,21,24). The maximum atomic E-state index is 12.2. The van der Waals surface area contributed by atoms with Crippen LogP contribution in [0.15, 0.2) is 53.0 Å². The fourth-order valence-corrected chi connectivity index (χ4v) is 3.24. The van der Waals surface area contributed by atoms with Crippen LogP contribution in [0.1, 0.15) is 22.0 Å². The molecule has 25 heavy (non-hydrogen) atoms. The first kappa shape index (κ1) is 17.9. The van der Waals surface area contributed by atoms with Gasteiger partial charge in [0.05, 0.1) is 24.9 Å². The number of carbonyl (C=O) groups excluding carboxylic acids is 1. The molecule has 3 rings (SSSR count). The number of aliphatic hydroxyl groups is 1. The molecule has 1 amide bonds. The summed E-state index contributed by atoms with van der Waals surface area (Å²) in [6.07, 6.45) is -0.745. The second-order valence-corrected chi connectivity index (χ2v) is 6.75. The zero-order chi connectivity index (χ0) is 17.6. The number of ether oxygens (including phenoxy) is 1. The fourth-order valence-electron chi connectivity index (χ4n) is 2.78. The van der Waals surface area contributed by atoms with Gasteiger partial charge in [-0.15, -0.1) is 0 Å². The third-order valence-corrected chi connectivity index (χ3v) is 4.92. The molecule has 1 atom stereocenters. The molecule has 2 aromatic rings. The predicted molar refractivity (Wildman–Crippen MR) is 101 cm³/mol. The molecule has 5 nitrogen and oxygen atoms in total. The van der Waals surface area contributed by atoms with E-state index in [-0.39, 0.29) is 12.5 Å². The smallest absolute Gasteiger partial charge is 0.252 e. The second-order valence-electron chi connectivity index (χ2n) is 5.90. The van der Waals surface area contributed by atoms with E-state index in [0.29, 0.717) is 5.56 Å². The van der Waals surface area contributed by atoms with Gasteiger partial charge in [0, 0.05) is 29.8 Å². The van der Waals surface area contributed by atoms with Crippen LogP contribution in [0.2, 0.25) is 0 Å². The molecule has 0 aliphatic carbocycles. The van der Waals surface area contributed by atoms with Gasteiger partial charge < -0.3 is 20.1 Å². The third kappa shape index (κ3) is 4.60. The van der Waals surface area contributed by atoms with Crippen molar-refractivity contribution in [1.29, 1.82) is 0 Å². The van der Waals surface area contributed by atoms with E-state index in [9.17, 15) is 9.90 Å². The Labute approximate surface area is 155 Å². The van der Waals surface area contributed by atoms with Crippen molar-refractivity contribution in [3.63, 3.8) is 0 Å². The van der Waals surface area contributed by atoms with Gasteiger partial charge in [-0.1, -0.05) is 24.3 Å². The lowest BCUT2D eigenvalue weighted by Gasteiger charge is -2.29. The van der Waals surface area contributed by atoms with E-state index in [1.165, 1.54) is 0 Å². The molecule has 0 spiro atoms. The summed E-state index contributed by atoms with van der Waals surface area (Å²) in [5.74, 6) is -0.212. The quantitative estimate of drug-likeness (QED) is 0.803. The first-order chi connectivity index (χ1) is 12.1. The van der Waals surface area contributed by atoms with E-state index in [2.05, 4.69) is 26.1 Å². The molecule has 1 fully saturated rings. The molecule has 1 saturated heterocycles. The highest BCUT2D eigenvalue weighted by Crippen LogP contribution is 2.20. The molecule has 1 unspecified atom stereocenters. The van der Waals surface area contributed by atoms with Crippen LogP contribution >= 0.6 is 15.9 Å². The highest BCUT2D eigenvalue weighted by Gasteiger charge is 2.14. The van der Waals surface area contributed by atoms with Crippen molar-refractivity contribution in [2.45, 2.75) is 6.10 Å². The Kier molecular flexibility index (Phi) is 6.07. The molecule has 1 heterocycles. The first-order valence-corrected chi connectivity index (χ1v) is 9.08. The second kappa shape index (κ2) is 8.47. The summed E-state index contributed by atoms with van der Waals surface area (Å²) < 4.78 is 6.09. The van der Waals surface area contributed by atoms with Gasteiger partial charge in [-0.2, -0.15) is 0 Å². The van der Waals surface area contributed by atoms with Crippen LogP contribution < -0.4 is 10.2 Å². The molecule has 0 saturated carbocycles. The SMILES string of the molecule is O=C(NCC(O)c1ccc(N2CCOCC2)cc1)c1ccccc1Br. The van der Waals surface area contributed by atoms with E-state index in [0.717, 1.165) is 42.0 Å². The minimum atomic E-state index is -0.745. The Bertz CT molecular complexity index is 715. The van der Waals surface area contributed by atoms with Gasteiger partial charge in [0.2, 0.25) is 0 Å². The normalized spacial score (nSPS) is 15.7. The number of anilines is 1. The molecule has 0 radical (unpaired) electrons. The van der Waals surface area contributed by atoms with E-state index >= 15 is 0 Å². The Hall–Kier alpha value is -1.89. The topological polar surface area (TPSA) is 61.8 Å². The van der Waals surface area contributed by atoms with Crippen molar-refractivity contribution in [1.82, 2.24) is 5.32 Å². The van der Waals surface area contributed by atoms with E-state index < -0.39 is 6.10 Å². The van der Waals surface area contributed by atoms with Crippen molar-refractivity contribution < 1.29 is 14.6 Å². The number of hydrogen-bond donors (Lipinski definition) is 2. The molecule has 0 bridgehead atoms. The van der Waals surface area contributed by atoms with Crippen LogP contribution in [0, 0.1) is 0 Å². The zero-order valence-corrected chi connectivity index (χ0v) is 15.4. The van der Waals surface area contributed by atoms with E-state index in [1.54, 1.807) is 12.1 Å². The molecule has 2 aromatic carbocycles. The number of halogens is 1. The molecule has 2 N–H and O–H groups in total. The number of morpholine rings is 1. The number of benzene rings is 2. The van der Waals surface area contributed by atoms with Gasteiger partial charge in [0.1, 0.15) is 0 Å². The average Bonchev–Trinajstić information content (AvgIpc) is 2.67. The Morgan fingerprint density at radius 2 is 1.84 bits per heavy atom. The lowest BCUT2D eigenvalue weighted by Crippen LogP contribution is -2.36. The van der Waals surface area contributed by atoms with Crippen LogP contribution in [-0.2, 0) is 4.74 Å². The predicted octanol–water partition coefficient (Wildman–Crippen LogP) is 2.75. The van der Waals surface area contributed by atoms with E-state index in [1.807, 2.05) is 36.4 Å². The average molecular weight is 405 g/mol. The van der Waals surface area contributed by atoms with Gasteiger partial charge in [0.25, 0.3) is 5.91 Å². The largest absolute Gasteiger partial charge is 0.387 e. The fraction of sp³-hybridized carbons (Fsp3) is 0.316. The molecular weight excluding hydrogens is 384 g/mol. The summed E-state index contributed by atoms with van der Waals surface area (Å²) in [6.45, 7) is 3.40. The maximum Gasteiger partial charge on any atom is 0.252 e. The number of aliphatic hydroxyl groups excluding tert-OH is 1.